The number of thiophene rings is 2. The van der Waals surface area contributed by atoms with Crippen molar-refractivity contribution in [1.29, 1.82) is 0 Å². The lowest BCUT2D eigenvalue weighted by Gasteiger charge is -2.25. The third-order valence-electron chi connectivity index (χ3n) is 5.02. The highest BCUT2D eigenvalue weighted by atomic mass is 32.2. The molecule has 0 saturated carbocycles. The first-order valence-corrected chi connectivity index (χ1v) is 13.0. The molecule has 3 heterocycles. The van der Waals surface area contributed by atoms with Crippen molar-refractivity contribution >= 4 is 44.5 Å². The number of benzene rings is 1. The van der Waals surface area contributed by atoms with Gasteiger partial charge in [0.2, 0.25) is 10.0 Å². The Balaban J connectivity index is 1.42. The Morgan fingerprint density at radius 3 is 2.31 bits per heavy atom. The van der Waals surface area contributed by atoms with E-state index in [9.17, 15) is 22.4 Å². The van der Waals surface area contributed by atoms with Gasteiger partial charge in [-0.05, 0) is 54.1 Å². The van der Waals surface area contributed by atoms with Gasteiger partial charge in [-0.15, -0.1) is 22.7 Å². The number of nitrogens with one attached hydrogen (secondary N) is 2. The van der Waals surface area contributed by atoms with Crippen LogP contribution in [-0.2, 0) is 10.0 Å². The maximum Gasteiger partial charge on any atom is 0.281 e. The largest absolute Gasteiger partial charge is 0.281 e. The standard InChI is InChI=1S/C21H20FN3O4S3/c22-15-6-4-14(5-7-15)16-8-9-17(31-16)20(26)23-24-21(27)19-18(10-13-30-19)32(28,29)25-11-2-1-3-12-25/h4-10,13H,1-3,11-12H2,(H,23,26)(H,24,27). The summed E-state index contributed by atoms with van der Waals surface area (Å²) in [6.07, 6.45) is 2.57. The fourth-order valence-electron chi connectivity index (χ4n) is 3.37. The van der Waals surface area contributed by atoms with Crippen LogP contribution in [0.2, 0.25) is 0 Å². The second kappa shape index (κ2) is 9.49. The maximum absolute atomic E-state index is 13.1. The Kier molecular flexibility index (Phi) is 6.70. The Hall–Kier alpha value is -2.60. The second-order valence-electron chi connectivity index (χ2n) is 7.16. The molecule has 3 aromatic rings. The minimum Gasteiger partial charge on any atom is -0.266 e. The fraction of sp³-hybridized carbons (Fsp3) is 0.238. The van der Waals surface area contributed by atoms with E-state index < -0.39 is 21.8 Å². The molecule has 0 unspecified atom stereocenters. The summed E-state index contributed by atoms with van der Waals surface area (Å²) in [6, 6.07) is 10.7. The minimum atomic E-state index is -3.77. The van der Waals surface area contributed by atoms with Gasteiger partial charge in [0.1, 0.15) is 15.6 Å². The average Bonchev–Trinajstić information content (AvgIpc) is 3.49. The van der Waals surface area contributed by atoms with Gasteiger partial charge in [0.25, 0.3) is 11.8 Å². The zero-order valence-electron chi connectivity index (χ0n) is 16.8. The van der Waals surface area contributed by atoms with Crippen LogP contribution < -0.4 is 10.9 Å². The Bertz CT molecular complexity index is 1230. The number of piperidine rings is 1. The zero-order chi connectivity index (χ0) is 22.7. The predicted octanol–water partition coefficient (Wildman–Crippen LogP) is 3.87. The van der Waals surface area contributed by atoms with Gasteiger partial charge in [0.15, 0.2) is 0 Å². The summed E-state index contributed by atoms with van der Waals surface area (Å²) in [5.41, 5.74) is 5.40. The monoisotopic (exact) mass is 493 g/mol. The molecule has 0 spiro atoms. The van der Waals surface area contributed by atoms with Crippen LogP contribution in [0.3, 0.4) is 0 Å². The van der Waals surface area contributed by atoms with Gasteiger partial charge >= 0.3 is 0 Å². The first-order chi connectivity index (χ1) is 15.4. The lowest BCUT2D eigenvalue weighted by molar-refractivity contribution is 0.0849. The number of sulfonamides is 1. The van der Waals surface area contributed by atoms with E-state index in [4.69, 9.17) is 0 Å². The van der Waals surface area contributed by atoms with Crippen LogP contribution in [0, 0.1) is 5.82 Å². The van der Waals surface area contributed by atoms with Crippen molar-refractivity contribution in [3.8, 4) is 10.4 Å². The molecule has 1 aliphatic heterocycles. The predicted molar refractivity (Wildman–Crippen MR) is 122 cm³/mol. The van der Waals surface area contributed by atoms with Crippen LogP contribution in [0.25, 0.3) is 10.4 Å². The van der Waals surface area contributed by atoms with Crippen molar-refractivity contribution in [3.63, 3.8) is 0 Å². The van der Waals surface area contributed by atoms with E-state index in [1.807, 2.05) is 0 Å². The van der Waals surface area contributed by atoms with E-state index in [1.165, 1.54) is 33.8 Å². The van der Waals surface area contributed by atoms with Gasteiger partial charge in [-0.3, -0.25) is 20.4 Å². The van der Waals surface area contributed by atoms with Crippen molar-refractivity contribution in [3.05, 3.63) is 63.4 Å². The zero-order valence-corrected chi connectivity index (χ0v) is 19.3. The molecule has 2 N–H and O–H groups in total. The Morgan fingerprint density at radius 1 is 0.906 bits per heavy atom. The molecule has 32 heavy (non-hydrogen) atoms. The molecule has 0 bridgehead atoms. The molecule has 1 fully saturated rings. The normalized spacial score (nSPS) is 14.8. The van der Waals surface area contributed by atoms with Crippen LogP contribution in [0.4, 0.5) is 4.39 Å². The number of hydrogen-bond acceptors (Lipinski definition) is 6. The average molecular weight is 494 g/mol. The molecule has 2 aromatic heterocycles. The highest BCUT2D eigenvalue weighted by Crippen LogP contribution is 2.29. The summed E-state index contributed by atoms with van der Waals surface area (Å²) in [5.74, 6) is -1.57. The van der Waals surface area contributed by atoms with E-state index in [-0.39, 0.29) is 15.6 Å². The van der Waals surface area contributed by atoms with Gasteiger partial charge in [0, 0.05) is 18.0 Å². The molecular weight excluding hydrogens is 473 g/mol. The van der Waals surface area contributed by atoms with E-state index in [0.717, 1.165) is 41.0 Å². The number of hydrogen-bond donors (Lipinski definition) is 2. The topological polar surface area (TPSA) is 95.6 Å². The second-order valence-corrected chi connectivity index (χ2v) is 11.1. The summed E-state index contributed by atoms with van der Waals surface area (Å²) in [5, 5.41) is 1.54. The highest BCUT2D eigenvalue weighted by Gasteiger charge is 2.31. The number of amides is 2. The molecule has 4 rings (SSSR count). The van der Waals surface area contributed by atoms with Crippen LogP contribution in [0.1, 0.15) is 38.6 Å². The van der Waals surface area contributed by atoms with Gasteiger partial charge in [-0.25, -0.2) is 12.8 Å². The van der Waals surface area contributed by atoms with Gasteiger partial charge in [-0.1, -0.05) is 18.6 Å². The van der Waals surface area contributed by atoms with Gasteiger partial charge in [0.05, 0.1) is 4.88 Å². The van der Waals surface area contributed by atoms with Crippen molar-refractivity contribution < 1.29 is 22.4 Å². The number of nitrogens with zero attached hydrogens (tertiary/aromatic N) is 1. The third kappa shape index (κ3) is 4.75. The summed E-state index contributed by atoms with van der Waals surface area (Å²) in [7, 11) is -3.77. The number of rotatable bonds is 5. The van der Waals surface area contributed by atoms with E-state index in [0.29, 0.717) is 18.0 Å². The van der Waals surface area contributed by atoms with Gasteiger partial charge in [-0.2, -0.15) is 4.31 Å². The van der Waals surface area contributed by atoms with Gasteiger partial charge < -0.3 is 0 Å². The van der Waals surface area contributed by atoms with Crippen LogP contribution >= 0.6 is 22.7 Å². The molecule has 0 atom stereocenters. The minimum absolute atomic E-state index is 0.0223. The molecule has 168 valence electrons. The molecular formula is C21H20FN3O4S3. The van der Waals surface area contributed by atoms with Crippen LogP contribution in [0.5, 0.6) is 0 Å². The lowest BCUT2D eigenvalue weighted by Crippen LogP contribution is -2.42. The summed E-state index contributed by atoms with van der Waals surface area (Å²) in [4.78, 5) is 26.2. The molecule has 7 nitrogen and oxygen atoms in total. The smallest absolute Gasteiger partial charge is 0.266 e. The molecule has 0 radical (unpaired) electrons. The van der Waals surface area contributed by atoms with E-state index >= 15 is 0 Å². The number of halogens is 1. The first kappa shape index (κ1) is 22.6. The summed E-state index contributed by atoms with van der Waals surface area (Å²) in [6.45, 7) is 0.871. The molecule has 1 aliphatic rings. The SMILES string of the molecule is O=C(NNC(=O)c1sccc1S(=O)(=O)N1CCCCC1)c1ccc(-c2ccc(F)cc2)s1. The fourth-order valence-corrected chi connectivity index (χ4v) is 7.09. The summed E-state index contributed by atoms with van der Waals surface area (Å²) < 4.78 is 40.4. The quantitative estimate of drug-likeness (QED) is 0.528. The first-order valence-electron chi connectivity index (χ1n) is 9.90. The van der Waals surface area contributed by atoms with Crippen LogP contribution in [-0.4, -0.2) is 37.6 Å². The van der Waals surface area contributed by atoms with E-state index in [1.54, 1.807) is 29.6 Å². The Morgan fingerprint density at radius 2 is 1.59 bits per heavy atom. The lowest BCUT2D eigenvalue weighted by atomic mass is 10.2. The third-order valence-corrected chi connectivity index (χ3v) is 9.13. The molecule has 1 aromatic carbocycles. The summed E-state index contributed by atoms with van der Waals surface area (Å²) >= 11 is 2.19. The maximum atomic E-state index is 13.1. The van der Waals surface area contributed by atoms with Crippen molar-refractivity contribution in [2.24, 2.45) is 0 Å². The van der Waals surface area contributed by atoms with E-state index in [2.05, 4.69) is 10.9 Å². The van der Waals surface area contributed by atoms with Crippen molar-refractivity contribution in [2.75, 3.05) is 13.1 Å². The number of carbonyl (C=O) groups excluding carboxylic acids is 2. The Labute approximate surface area is 192 Å². The molecule has 2 amide bonds. The van der Waals surface area contributed by atoms with Crippen LogP contribution in [0.15, 0.2) is 52.7 Å². The highest BCUT2D eigenvalue weighted by molar-refractivity contribution is 7.89. The number of carbonyl (C=O) groups is 2. The molecule has 1 saturated heterocycles. The van der Waals surface area contributed by atoms with Crippen molar-refractivity contribution in [2.45, 2.75) is 24.2 Å². The molecule has 11 heteroatoms. The molecule has 0 aliphatic carbocycles. The van der Waals surface area contributed by atoms with Crippen molar-refractivity contribution in [1.82, 2.24) is 15.2 Å². The number of hydrazine groups is 1.